The number of fused-ring (bicyclic) bond motifs is 1. The van der Waals surface area contributed by atoms with Crippen molar-refractivity contribution in [3.63, 3.8) is 0 Å². The minimum Gasteiger partial charge on any atom is -0.493 e. The minimum atomic E-state index is -0.484. The highest BCUT2D eigenvalue weighted by molar-refractivity contribution is 6.31. The lowest BCUT2D eigenvalue weighted by molar-refractivity contribution is -0.118. The molecule has 182 valence electrons. The Bertz CT molecular complexity index is 1340. The quantitative estimate of drug-likeness (QED) is 0.516. The maximum absolute atomic E-state index is 13.4. The molecule has 2 heterocycles. The van der Waals surface area contributed by atoms with Crippen molar-refractivity contribution in [3.8, 4) is 28.6 Å². The zero-order chi connectivity index (χ0) is 24.9. The normalized spacial score (nSPS) is 18.5. The molecule has 2 aromatic carbocycles. The van der Waals surface area contributed by atoms with Gasteiger partial charge in [0.25, 0.3) is 0 Å². The van der Waals surface area contributed by atoms with Crippen molar-refractivity contribution < 1.29 is 19.0 Å². The number of nitrogens with zero attached hydrogens (tertiary/aromatic N) is 3. The van der Waals surface area contributed by atoms with E-state index in [0.29, 0.717) is 51.6 Å². The van der Waals surface area contributed by atoms with E-state index in [2.05, 4.69) is 19.2 Å². The molecule has 9 heteroatoms. The van der Waals surface area contributed by atoms with Gasteiger partial charge in [-0.25, -0.2) is 4.68 Å². The number of hydrogen-bond donors (Lipinski definition) is 1. The Hall–Kier alpha value is -3.52. The van der Waals surface area contributed by atoms with Gasteiger partial charge in [-0.3, -0.25) is 4.79 Å². The van der Waals surface area contributed by atoms with Gasteiger partial charge in [-0.1, -0.05) is 43.6 Å². The molecule has 0 radical (unpaired) electrons. The van der Waals surface area contributed by atoms with Gasteiger partial charge in [0.1, 0.15) is 6.04 Å². The number of allylic oxidation sites excluding steroid dienone is 2. The number of hydrogen-bond acceptors (Lipinski definition) is 7. The summed E-state index contributed by atoms with van der Waals surface area (Å²) in [6.45, 7) is 4.20. The van der Waals surface area contributed by atoms with E-state index < -0.39 is 6.04 Å². The van der Waals surface area contributed by atoms with Crippen LogP contribution in [0, 0.1) is 5.41 Å². The van der Waals surface area contributed by atoms with Crippen molar-refractivity contribution in [2.75, 3.05) is 26.6 Å². The van der Waals surface area contributed by atoms with Crippen molar-refractivity contribution in [2.24, 2.45) is 5.41 Å². The van der Waals surface area contributed by atoms with E-state index in [4.69, 9.17) is 35.9 Å². The molecule has 35 heavy (non-hydrogen) atoms. The summed E-state index contributed by atoms with van der Waals surface area (Å²) in [4.78, 5) is 18.2. The van der Waals surface area contributed by atoms with Crippen LogP contribution >= 0.6 is 11.6 Å². The van der Waals surface area contributed by atoms with Gasteiger partial charge >= 0.3 is 0 Å². The maximum atomic E-state index is 13.4. The Morgan fingerprint density at radius 2 is 1.74 bits per heavy atom. The molecule has 0 unspecified atom stereocenters. The fourth-order valence-electron chi connectivity index (χ4n) is 4.93. The third-order valence-electron chi connectivity index (χ3n) is 6.45. The van der Waals surface area contributed by atoms with Crippen molar-refractivity contribution in [2.45, 2.75) is 32.7 Å². The molecule has 1 aromatic heterocycles. The number of anilines is 1. The Balaban J connectivity index is 1.69. The standard InChI is InChI=1S/C26H27ClN4O4/c1-26(2)12-17-21(18(32)13-26)22(15-8-6-7-9-16(15)27)31-25(28-17)29-24(30-31)14-10-19(33-3)23(35-5)20(11-14)34-4/h6-11,22H,12-13H2,1-5H3,(H,28,29,30)/t22-/m1/s1. The van der Waals surface area contributed by atoms with Crippen LogP contribution in [0.2, 0.25) is 5.02 Å². The second-order valence-electron chi connectivity index (χ2n) is 9.50. The first kappa shape index (κ1) is 23.2. The average Bonchev–Trinajstić information content (AvgIpc) is 3.25. The molecule has 1 atom stereocenters. The van der Waals surface area contributed by atoms with Crippen LogP contribution in [0.5, 0.6) is 17.2 Å². The fraction of sp³-hybridized carbons (Fsp3) is 0.346. The number of methoxy groups -OCH3 is 3. The topological polar surface area (TPSA) is 87.5 Å². The molecule has 1 N–H and O–H groups in total. The summed E-state index contributed by atoms with van der Waals surface area (Å²) < 4.78 is 18.2. The van der Waals surface area contributed by atoms with Crippen molar-refractivity contribution >= 4 is 23.3 Å². The van der Waals surface area contributed by atoms with E-state index >= 15 is 0 Å². The molecule has 0 saturated carbocycles. The zero-order valence-corrected chi connectivity index (χ0v) is 21.1. The van der Waals surface area contributed by atoms with E-state index in [0.717, 1.165) is 17.7 Å². The van der Waals surface area contributed by atoms with Crippen molar-refractivity contribution in [3.05, 3.63) is 58.3 Å². The number of rotatable bonds is 5. The largest absolute Gasteiger partial charge is 0.493 e. The lowest BCUT2D eigenvalue weighted by atomic mass is 9.73. The maximum Gasteiger partial charge on any atom is 0.226 e. The molecular weight excluding hydrogens is 468 g/mol. The third-order valence-corrected chi connectivity index (χ3v) is 6.80. The highest BCUT2D eigenvalue weighted by Crippen LogP contribution is 2.47. The summed E-state index contributed by atoms with van der Waals surface area (Å²) in [6, 6.07) is 10.7. The molecule has 5 rings (SSSR count). The fourth-order valence-corrected chi connectivity index (χ4v) is 5.16. The van der Waals surface area contributed by atoms with E-state index in [1.165, 1.54) is 0 Å². The molecule has 2 aliphatic rings. The number of benzene rings is 2. The number of ether oxygens (including phenoxy) is 3. The molecule has 0 fully saturated rings. The molecule has 0 bridgehead atoms. The van der Waals surface area contributed by atoms with Gasteiger partial charge in [0.15, 0.2) is 23.1 Å². The lowest BCUT2D eigenvalue weighted by Crippen LogP contribution is -2.36. The highest BCUT2D eigenvalue weighted by atomic mass is 35.5. The molecule has 1 aliphatic heterocycles. The van der Waals surface area contributed by atoms with Crippen molar-refractivity contribution in [1.82, 2.24) is 14.8 Å². The summed E-state index contributed by atoms with van der Waals surface area (Å²) in [5.74, 6) is 2.57. The average molecular weight is 495 g/mol. The van der Waals surface area contributed by atoms with Gasteiger partial charge in [-0.05, 0) is 30.0 Å². The number of halogens is 1. The van der Waals surface area contributed by atoms with E-state index in [9.17, 15) is 4.79 Å². The number of carbonyl (C=O) groups excluding carboxylic acids is 1. The first-order valence-corrected chi connectivity index (χ1v) is 11.7. The van der Waals surface area contributed by atoms with Gasteiger partial charge in [0, 0.05) is 33.8 Å². The number of carbonyl (C=O) groups is 1. The number of aromatic nitrogens is 3. The van der Waals surface area contributed by atoms with E-state index in [-0.39, 0.29) is 11.2 Å². The SMILES string of the molecule is COc1cc(-c2nc3n(n2)[C@H](c2ccccc2Cl)C2=C(CC(C)(C)CC2=O)N3)cc(OC)c1OC. The number of Topliss-reactive ketones (excluding diaryl/α,β-unsaturated/α-hetero) is 1. The Morgan fingerprint density at radius 1 is 1.06 bits per heavy atom. The van der Waals surface area contributed by atoms with Gasteiger partial charge in [-0.2, -0.15) is 4.98 Å². The Labute approximate surface area is 208 Å². The van der Waals surface area contributed by atoms with Crippen LogP contribution in [0.25, 0.3) is 11.4 Å². The molecular formula is C26H27ClN4O4. The number of ketones is 1. The van der Waals surface area contributed by atoms with Crippen molar-refractivity contribution in [1.29, 1.82) is 0 Å². The molecule has 3 aromatic rings. The van der Waals surface area contributed by atoms with E-state index in [1.54, 1.807) is 38.1 Å². The second-order valence-corrected chi connectivity index (χ2v) is 9.91. The summed E-state index contributed by atoms with van der Waals surface area (Å²) in [5, 5.41) is 8.80. The van der Waals surface area contributed by atoms with Crippen LogP contribution in [-0.4, -0.2) is 41.9 Å². The van der Waals surface area contributed by atoms with Crippen LogP contribution in [0.1, 0.15) is 38.3 Å². The number of nitrogens with one attached hydrogen (secondary N) is 1. The third kappa shape index (κ3) is 3.91. The summed E-state index contributed by atoms with van der Waals surface area (Å²) in [6.07, 6.45) is 1.18. The van der Waals surface area contributed by atoms with Gasteiger partial charge in [0.2, 0.25) is 11.7 Å². The molecule has 0 spiro atoms. The predicted octanol–water partition coefficient (Wildman–Crippen LogP) is 5.28. The van der Waals surface area contributed by atoms with Gasteiger partial charge in [-0.15, -0.1) is 5.10 Å². The lowest BCUT2D eigenvalue weighted by Gasteiger charge is -2.38. The first-order valence-electron chi connectivity index (χ1n) is 11.3. The summed E-state index contributed by atoms with van der Waals surface area (Å²) in [7, 11) is 4.68. The van der Waals surface area contributed by atoms with Crippen LogP contribution < -0.4 is 19.5 Å². The van der Waals surface area contributed by atoms with Crippen LogP contribution in [0.3, 0.4) is 0 Å². The van der Waals surface area contributed by atoms with Gasteiger partial charge in [0.05, 0.1) is 21.3 Å². The molecule has 0 saturated heterocycles. The first-order chi connectivity index (χ1) is 16.8. The highest BCUT2D eigenvalue weighted by Gasteiger charge is 2.42. The minimum absolute atomic E-state index is 0.0872. The molecule has 0 amide bonds. The predicted molar refractivity (Wildman–Crippen MR) is 133 cm³/mol. The van der Waals surface area contributed by atoms with Crippen LogP contribution in [-0.2, 0) is 4.79 Å². The second kappa shape index (κ2) is 8.61. The van der Waals surface area contributed by atoms with Gasteiger partial charge < -0.3 is 19.5 Å². The van der Waals surface area contributed by atoms with Crippen LogP contribution in [0.4, 0.5) is 5.95 Å². The monoisotopic (exact) mass is 494 g/mol. The zero-order valence-electron chi connectivity index (χ0n) is 20.3. The smallest absolute Gasteiger partial charge is 0.226 e. The Kier molecular flexibility index (Phi) is 5.71. The summed E-state index contributed by atoms with van der Waals surface area (Å²) in [5.41, 5.74) is 2.89. The van der Waals surface area contributed by atoms with Crippen LogP contribution in [0.15, 0.2) is 47.7 Å². The van der Waals surface area contributed by atoms with E-state index in [1.807, 2.05) is 24.3 Å². The summed E-state index contributed by atoms with van der Waals surface area (Å²) >= 11 is 6.63. The molecule has 8 nitrogen and oxygen atoms in total. The molecule has 1 aliphatic carbocycles. The Morgan fingerprint density at radius 3 is 2.37 bits per heavy atom.